The number of aromatic nitrogens is 1. The summed E-state index contributed by atoms with van der Waals surface area (Å²) < 4.78 is 0. The first-order chi connectivity index (χ1) is 31.3. The van der Waals surface area contributed by atoms with Crippen LogP contribution in [0.2, 0.25) is 0 Å². The number of carbonyl (C=O) groups is 7. The largest absolute Gasteiger partial charge is 0.368 e. The van der Waals surface area contributed by atoms with Crippen molar-refractivity contribution in [3.05, 3.63) is 120 Å². The van der Waals surface area contributed by atoms with Crippen molar-refractivity contribution in [2.45, 2.75) is 81.7 Å². The zero-order valence-electron chi connectivity index (χ0n) is 36.0. The fraction of sp³-hybridized carbons (Fsp3) is 0.340. The molecule has 7 amide bonds. The number of aromatic amines is 1. The number of hydrogen-bond donors (Lipinski definition) is 11. The second-order valence-electron chi connectivity index (χ2n) is 15.7. The number of primary amides is 1. The van der Waals surface area contributed by atoms with Crippen LogP contribution in [0, 0.1) is 0 Å². The molecule has 1 aromatic heterocycles. The summed E-state index contributed by atoms with van der Waals surface area (Å²) in [7, 11) is 0. The minimum atomic E-state index is -1.29. The van der Waals surface area contributed by atoms with Crippen LogP contribution in [-0.2, 0) is 52.8 Å². The third kappa shape index (κ3) is 14.6. The lowest BCUT2D eigenvalue weighted by atomic mass is 9.99. The summed E-state index contributed by atoms with van der Waals surface area (Å²) >= 11 is 8.39. The van der Waals surface area contributed by atoms with Gasteiger partial charge in [-0.2, -0.15) is 25.3 Å². The van der Waals surface area contributed by atoms with E-state index in [0.717, 1.165) is 21.7 Å². The summed E-state index contributed by atoms with van der Waals surface area (Å²) in [6, 6.07) is 22.6. The Labute approximate surface area is 388 Å². The van der Waals surface area contributed by atoms with Crippen molar-refractivity contribution in [3.8, 4) is 0 Å². The maximum Gasteiger partial charge on any atom is 0.244 e. The molecule has 0 aliphatic rings. The highest BCUT2D eigenvalue weighted by molar-refractivity contribution is 7.80. The monoisotopic (exact) mass is 923 g/mol. The van der Waals surface area contributed by atoms with E-state index in [0.29, 0.717) is 36.1 Å². The number of H-pyrrole nitrogens is 1. The maximum atomic E-state index is 14.6. The van der Waals surface area contributed by atoms with Crippen molar-refractivity contribution in [2.24, 2.45) is 11.5 Å². The molecule has 0 unspecified atom stereocenters. The molecular formula is C47H57N9O7S2. The van der Waals surface area contributed by atoms with Gasteiger partial charge in [-0.05, 0) is 59.3 Å². The van der Waals surface area contributed by atoms with Crippen molar-refractivity contribution in [1.82, 2.24) is 36.9 Å². The van der Waals surface area contributed by atoms with Gasteiger partial charge in [0.25, 0.3) is 0 Å². The van der Waals surface area contributed by atoms with Crippen molar-refractivity contribution >= 4 is 88.3 Å². The first-order valence-electron chi connectivity index (χ1n) is 21.4. The Morgan fingerprint density at radius 2 is 1.08 bits per heavy atom. The Morgan fingerprint density at radius 3 is 1.69 bits per heavy atom. The highest BCUT2D eigenvalue weighted by Crippen LogP contribution is 2.21. The second-order valence-corrected chi connectivity index (χ2v) is 16.5. The number of fused-ring (bicyclic) bond motifs is 2. The van der Waals surface area contributed by atoms with Crippen LogP contribution in [0.4, 0.5) is 0 Å². The molecule has 0 saturated carbocycles. The quantitative estimate of drug-likeness (QED) is 0.0320. The molecule has 0 fully saturated rings. The molecule has 16 nitrogen and oxygen atoms in total. The van der Waals surface area contributed by atoms with Crippen molar-refractivity contribution in [1.29, 1.82) is 0 Å². The number of hydrogen-bond acceptors (Lipinski definition) is 10. The minimum Gasteiger partial charge on any atom is -0.368 e. The van der Waals surface area contributed by atoms with Gasteiger partial charge in [0.2, 0.25) is 41.4 Å². The highest BCUT2D eigenvalue weighted by Gasteiger charge is 2.34. The number of nitrogens with two attached hydrogens (primary N) is 2. The normalized spacial score (nSPS) is 13.9. The summed E-state index contributed by atoms with van der Waals surface area (Å²) in [5.41, 5.74) is 14.3. The van der Waals surface area contributed by atoms with Crippen LogP contribution in [0.25, 0.3) is 21.7 Å². The number of unbranched alkanes of at least 4 members (excludes halogenated alkanes) is 1. The van der Waals surface area contributed by atoms with E-state index >= 15 is 0 Å². The van der Waals surface area contributed by atoms with E-state index in [2.05, 4.69) is 62.1 Å². The number of thiol groups is 2. The Balaban J connectivity index is 1.45. The molecule has 0 saturated heterocycles. The lowest BCUT2D eigenvalue weighted by Crippen LogP contribution is -2.60. The lowest BCUT2D eigenvalue weighted by Gasteiger charge is -2.27. The van der Waals surface area contributed by atoms with Crippen molar-refractivity contribution in [2.75, 3.05) is 18.1 Å². The van der Waals surface area contributed by atoms with Gasteiger partial charge in [-0.3, -0.25) is 33.6 Å². The van der Waals surface area contributed by atoms with Gasteiger partial charge in [-0.1, -0.05) is 91.0 Å². The van der Waals surface area contributed by atoms with Gasteiger partial charge in [0.1, 0.15) is 36.3 Å². The first kappa shape index (κ1) is 49.6. The van der Waals surface area contributed by atoms with E-state index in [9.17, 15) is 33.6 Å². The molecule has 11 N–H and O–H groups in total. The van der Waals surface area contributed by atoms with Gasteiger partial charge in [-0.15, -0.1) is 0 Å². The van der Waals surface area contributed by atoms with Gasteiger partial charge >= 0.3 is 0 Å². The van der Waals surface area contributed by atoms with Crippen LogP contribution in [0.5, 0.6) is 0 Å². The van der Waals surface area contributed by atoms with Crippen molar-refractivity contribution < 1.29 is 33.6 Å². The number of benzene rings is 4. The maximum absolute atomic E-state index is 14.6. The zero-order valence-corrected chi connectivity index (χ0v) is 37.8. The van der Waals surface area contributed by atoms with E-state index in [1.165, 1.54) is 6.92 Å². The summed E-state index contributed by atoms with van der Waals surface area (Å²) in [6.07, 6.45) is 2.82. The molecule has 0 radical (unpaired) electrons. The molecule has 5 rings (SSSR count). The van der Waals surface area contributed by atoms with Crippen LogP contribution in [0.1, 0.15) is 42.9 Å². The molecular weight excluding hydrogens is 867 g/mol. The molecule has 18 heteroatoms. The summed E-state index contributed by atoms with van der Waals surface area (Å²) in [5.74, 6) is -4.85. The average molecular weight is 924 g/mol. The van der Waals surface area contributed by atoms with Crippen LogP contribution in [-0.4, -0.2) is 101 Å². The first-order valence-corrected chi connectivity index (χ1v) is 22.6. The molecule has 0 aliphatic heterocycles. The number of carbonyl (C=O) groups excluding carboxylic acids is 7. The highest BCUT2D eigenvalue weighted by atomic mass is 32.1. The number of para-hydroxylation sites is 1. The predicted octanol–water partition coefficient (Wildman–Crippen LogP) is 1.75. The minimum absolute atomic E-state index is 0.0215. The predicted molar refractivity (Wildman–Crippen MR) is 257 cm³/mol. The Bertz CT molecular complexity index is 2450. The van der Waals surface area contributed by atoms with E-state index in [4.69, 9.17) is 11.5 Å². The van der Waals surface area contributed by atoms with Crippen molar-refractivity contribution in [3.63, 3.8) is 0 Å². The molecule has 5 aromatic rings. The summed E-state index contributed by atoms with van der Waals surface area (Å²) in [5, 5.41) is 19.0. The molecule has 0 aliphatic carbocycles. The van der Waals surface area contributed by atoms with Crippen LogP contribution in [0.3, 0.4) is 0 Å². The molecule has 6 atom stereocenters. The second kappa shape index (κ2) is 24.6. The smallest absolute Gasteiger partial charge is 0.244 e. The fourth-order valence-corrected chi connectivity index (χ4v) is 7.90. The third-order valence-electron chi connectivity index (χ3n) is 10.8. The zero-order chi connectivity index (χ0) is 46.9. The number of rotatable bonds is 24. The van der Waals surface area contributed by atoms with E-state index in [1.54, 1.807) is 30.5 Å². The van der Waals surface area contributed by atoms with Gasteiger partial charge in [0.15, 0.2) is 0 Å². The van der Waals surface area contributed by atoms with Gasteiger partial charge in [0, 0.05) is 54.8 Å². The van der Waals surface area contributed by atoms with Crippen LogP contribution in [0.15, 0.2) is 103 Å². The number of amides is 7. The Kier molecular flexibility index (Phi) is 18.8. The standard InChI is InChI=1S/C47H57N9O7S2/c1-28(57)51-41(27-65)47(63)54-37(22-29-11-3-2-4-12-29)44(60)55-39(24-33-25-50-35-16-8-7-15-34(33)35)46(62)52-36(17-9-10-20-48)43(59)53-38(45(61)56-40(26-64)42(49)58)23-30-18-19-31-13-5-6-14-32(31)21-30/h2-8,11-16,18-19,21,25,36-41,50,64-65H,9-10,17,20,22-24,26-27,48H2,1H3,(H2,49,58)(H,51,57)(H,52,62)(H,53,59)(H,54,63)(H,55,60)(H,56,61)/t36-,37-,38-,39-,40-,41-/m0/s1. The topological polar surface area (TPSA) is 260 Å². The van der Waals surface area contributed by atoms with Gasteiger partial charge in [-0.25, -0.2) is 0 Å². The van der Waals surface area contributed by atoms with E-state index in [-0.39, 0.29) is 37.2 Å². The number of nitrogens with one attached hydrogen (secondary N) is 7. The summed E-state index contributed by atoms with van der Waals surface area (Å²) in [4.78, 5) is 97.9. The Hall–Kier alpha value is -6.37. The van der Waals surface area contributed by atoms with Gasteiger partial charge in [0.05, 0.1) is 0 Å². The molecule has 4 aromatic carbocycles. The third-order valence-corrected chi connectivity index (χ3v) is 11.6. The lowest BCUT2D eigenvalue weighted by molar-refractivity contribution is -0.135. The fourth-order valence-electron chi connectivity index (χ4n) is 7.37. The molecule has 65 heavy (non-hydrogen) atoms. The Morgan fingerprint density at radius 1 is 0.554 bits per heavy atom. The van der Waals surface area contributed by atoms with E-state index < -0.39 is 77.6 Å². The SMILES string of the molecule is CC(=O)N[C@@H](CS)C(=O)N[C@@H](Cc1ccccc1)C(=O)N[C@@H](Cc1c[nH]c2ccccc12)C(=O)N[C@@H](CCCCN)C(=O)N[C@@H](Cc1ccc2ccccc2c1)C(=O)N[C@@H](CS)C(N)=O. The molecule has 344 valence electrons. The molecule has 0 spiro atoms. The van der Waals surface area contributed by atoms with Gasteiger partial charge < -0.3 is 48.4 Å². The average Bonchev–Trinajstić information content (AvgIpc) is 3.71. The van der Waals surface area contributed by atoms with Crippen LogP contribution < -0.4 is 43.4 Å². The summed E-state index contributed by atoms with van der Waals surface area (Å²) in [6.45, 7) is 1.58. The van der Waals surface area contributed by atoms with E-state index in [1.807, 2.05) is 72.8 Å². The van der Waals surface area contributed by atoms with Crippen LogP contribution >= 0.6 is 25.3 Å². The molecule has 0 bridgehead atoms. The molecule has 1 heterocycles.